The third-order valence-electron chi connectivity index (χ3n) is 3.16. The van der Waals surface area contributed by atoms with Gasteiger partial charge >= 0.3 is 5.69 Å². The van der Waals surface area contributed by atoms with Crippen LogP contribution in [0.1, 0.15) is 5.56 Å². The number of aromatic amines is 1. The Morgan fingerprint density at radius 3 is 2.73 bits per heavy atom. The van der Waals surface area contributed by atoms with Crippen LogP contribution in [0.25, 0.3) is 10.9 Å². The molecule has 0 saturated carbocycles. The largest absolute Gasteiger partial charge is 0.482 e. The maximum Gasteiger partial charge on any atom is 0.311 e. The first-order valence-corrected chi connectivity index (χ1v) is 6.48. The van der Waals surface area contributed by atoms with Gasteiger partial charge in [-0.15, -0.1) is 0 Å². The third kappa shape index (κ3) is 2.64. The molecule has 0 aliphatic rings. The fourth-order valence-electron chi connectivity index (χ4n) is 2.08. The second kappa shape index (κ2) is 5.65. The second-order valence-electron chi connectivity index (χ2n) is 4.60. The van der Waals surface area contributed by atoms with E-state index in [4.69, 9.17) is 4.74 Å². The quantitative estimate of drug-likeness (QED) is 0.589. The van der Waals surface area contributed by atoms with Crippen LogP contribution in [0.15, 0.2) is 53.6 Å². The lowest BCUT2D eigenvalue weighted by Gasteiger charge is -2.07. The van der Waals surface area contributed by atoms with Crippen LogP contribution in [0.2, 0.25) is 0 Å². The molecule has 1 aromatic heterocycles. The van der Waals surface area contributed by atoms with Gasteiger partial charge < -0.3 is 9.72 Å². The molecule has 0 saturated heterocycles. The van der Waals surface area contributed by atoms with E-state index in [1.54, 1.807) is 0 Å². The molecule has 0 fully saturated rings. The fourth-order valence-corrected chi connectivity index (χ4v) is 2.08. The molecular weight excluding hydrogens is 286 g/mol. The summed E-state index contributed by atoms with van der Waals surface area (Å²) in [6.45, 7) is 0.191. The maximum absolute atomic E-state index is 11.7. The average molecular weight is 297 g/mol. The zero-order valence-electron chi connectivity index (χ0n) is 11.4. The van der Waals surface area contributed by atoms with Crippen molar-refractivity contribution in [2.24, 2.45) is 0 Å². The van der Waals surface area contributed by atoms with Crippen LogP contribution < -0.4 is 10.3 Å². The van der Waals surface area contributed by atoms with Gasteiger partial charge in [-0.1, -0.05) is 30.3 Å². The average Bonchev–Trinajstić information content (AvgIpc) is 2.53. The van der Waals surface area contributed by atoms with E-state index in [0.29, 0.717) is 5.52 Å². The summed E-state index contributed by atoms with van der Waals surface area (Å²) in [6, 6.07) is 11.9. The Labute approximate surface area is 124 Å². The number of hydrogen-bond donors (Lipinski definition) is 1. The summed E-state index contributed by atoms with van der Waals surface area (Å²) in [5.41, 5.74) is 0.540. The van der Waals surface area contributed by atoms with Gasteiger partial charge in [0.15, 0.2) is 5.75 Å². The monoisotopic (exact) mass is 297 g/mol. The van der Waals surface area contributed by atoms with Crippen LogP contribution in [-0.2, 0) is 6.61 Å². The molecular formula is C15H11N3O4. The number of benzene rings is 2. The lowest BCUT2D eigenvalue weighted by molar-refractivity contribution is -0.385. The van der Waals surface area contributed by atoms with Crippen LogP contribution in [0.5, 0.6) is 5.75 Å². The number of nitro groups is 1. The van der Waals surface area contributed by atoms with E-state index >= 15 is 0 Å². The van der Waals surface area contributed by atoms with Gasteiger partial charge in [0, 0.05) is 12.1 Å². The third-order valence-corrected chi connectivity index (χ3v) is 3.16. The van der Waals surface area contributed by atoms with Gasteiger partial charge in [0.2, 0.25) is 0 Å². The number of nitro benzene ring substituents is 1. The second-order valence-corrected chi connectivity index (χ2v) is 4.60. The van der Waals surface area contributed by atoms with Crippen molar-refractivity contribution < 1.29 is 9.66 Å². The van der Waals surface area contributed by atoms with Gasteiger partial charge in [0.25, 0.3) is 5.56 Å². The molecule has 2 aromatic carbocycles. The van der Waals surface area contributed by atoms with E-state index < -0.39 is 10.5 Å². The Kier molecular flexibility index (Phi) is 3.53. The van der Waals surface area contributed by atoms with E-state index in [2.05, 4.69) is 9.97 Å². The van der Waals surface area contributed by atoms with Gasteiger partial charge in [-0.25, -0.2) is 4.98 Å². The Morgan fingerprint density at radius 1 is 1.23 bits per heavy atom. The van der Waals surface area contributed by atoms with Crippen molar-refractivity contribution in [2.75, 3.05) is 0 Å². The van der Waals surface area contributed by atoms with Crippen LogP contribution in [0.4, 0.5) is 5.69 Å². The normalized spacial score (nSPS) is 10.5. The molecule has 0 spiro atoms. The summed E-state index contributed by atoms with van der Waals surface area (Å²) in [5, 5.41) is 11.3. The first kappa shape index (κ1) is 13.7. The Morgan fingerprint density at radius 2 is 2.00 bits per heavy atom. The summed E-state index contributed by atoms with van der Waals surface area (Å²) in [6.07, 6.45) is 1.25. The highest BCUT2D eigenvalue weighted by Crippen LogP contribution is 2.30. The standard InChI is InChI=1S/C15H11N3O4/c19-15-11-6-13(18(20)21)14(7-12(11)16-9-17-15)22-8-10-4-2-1-3-5-10/h1-7,9H,8H2,(H,16,17,19). The SMILES string of the molecule is O=c1[nH]cnc2cc(OCc3ccccc3)c([N+](=O)[O-])cc12. The highest BCUT2D eigenvalue weighted by molar-refractivity contribution is 5.82. The topological polar surface area (TPSA) is 98.1 Å². The minimum atomic E-state index is -0.577. The van der Waals surface area contributed by atoms with Gasteiger partial charge in [0.05, 0.1) is 22.2 Å². The van der Waals surface area contributed by atoms with Crippen molar-refractivity contribution in [1.29, 1.82) is 0 Å². The predicted octanol–water partition coefficient (Wildman–Crippen LogP) is 2.41. The summed E-state index contributed by atoms with van der Waals surface area (Å²) in [4.78, 5) is 28.7. The minimum absolute atomic E-state index is 0.0828. The van der Waals surface area contributed by atoms with E-state index in [-0.39, 0.29) is 23.4 Å². The number of nitrogens with one attached hydrogen (secondary N) is 1. The molecule has 3 rings (SSSR count). The number of ether oxygens (including phenoxy) is 1. The highest BCUT2D eigenvalue weighted by atomic mass is 16.6. The molecule has 22 heavy (non-hydrogen) atoms. The summed E-state index contributed by atoms with van der Waals surface area (Å²) in [7, 11) is 0. The molecule has 0 aliphatic heterocycles. The minimum Gasteiger partial charge on any atom is -0.482 e. The molecule has 1 heterocycles. The Hall–Kier alpha value is -3.22. The molecule has 1 N–H and O–H groups in total. The molecule has 0 bridgehead atoms. The van der Waals surface area contributed by atoms with E-state index in [0.717, 1.165) is 5.56 Å². The van der Waals surface area contributed by atoms with Gasteiger partial charge in [0.1, 0.15) is 6.61 Å². The van der Waals surface area contributed by atoms with Crippen molar-refractivity contribution in [2.45, 2.75) is 6.61 Å². The summed E-state index contributed by atoms with van der Waals surface area (Å²) < 4.78 is 5.54. The molecule has 110 valence electrons. The number of rotatable bonds is 4. The van der Waals surface area contributed by atoms with Crippen molar-refractivity contribution in [3.8, 4) is 5.75 Å². The van der Waals surface area contributed by atoms with Gasteiger partial charge in [-0.3, -0.25) is 14.9 Å². The zero-order chi connectivity index (χ0) is 15.5. The van der Waals surface area contributed by atoms with Crippen LogP contribution in [0.3, 0.4) is 0 Å². The van der Waals surface area contributed by atoms with Gasteiger partial charge in [-0.05, 0) is 5.56 Å². The predicted molar refractivity (Wildman–Crippen MR) is 79.8 cm³/mol. The van der Waals surface area contributed by atoms with Crippen LogP contribution in [-0.4, -0.2) is 14.9 Å². The van der Waals surface area contributed by atoms with Crippen LogP contribution >= 0.6 is 0 Å². The lowest BCUT2D eigenvalue weighted by atomic mass is 10.2. The van der Waals surface area contributed by atoms with Crippen LogP contribution in [0, 0.1) is 10.1 Å². The smallest absolute Gasteiger partial charge is 0.311 e. The number of hydrogen-bond acceptors (Lipinski definition) is 5. The van der Waals surface area contributed by atoms with Gasteiger partial charge in [-0.2, -0.15) is 0 Å². The van der Waals surface area contributed by atoms with E-state index in [1.165, 1.54) is 18.5 Å². The highest BCUT2D eigenvalue weighted by Gasteiger charge is 2.18. The summed E-state index contributed by atoms with van der Waals surface area (Å²) >= 11 is 0. The Balaban J connectivity index is 2.02. The first-order valence-electron chi connectivity index (χ1n) is 6.48. The van der Waals surface area contributed by atoms with Crippen molar-refractivity contribution in [3.05, 3.63) is 74.8 Å². The molecule has 0 unspecified atom stereocenters. The first-order chi connectivity index (χ1) is 10.6. The molecule has 0 aliphatic carbocycles. The molecule has 7 heteroatoms. The fraction of sp³-hybridized carbons (Fsp3) is 0.0667. The van der Waals surface area contributed by atoms with Crippen molar-refractivity contribution in [3.63, 3.8) is 0 Å². The van der Waals surface area contributed by atoms with E-state index in [1.807, 2.05) is 30.3 Å². The van der Waals surface area contributed by atoms with E-state index in [9.17, 15) is 14.9 Å². The van der Waals surface area contributed by atoms with Crippen molar-refractivity contribution in [1.82, 2.24) is 9.97 Å². The lowest BCUT2D eigenvalue weighted by Crippen LogP contribution is -2.07. The number of nitrogens with zero attached hydrogens (tertiary/aromatic N) is 2. The number of fused-ring (bicyclic) bond motifs is 1. The molecule has 0 amide bonds. The maximum atomic E-state index is 11.7. The number of H-pyrrole nitrogens is 1. The molecule has 7 nitrogen and oxygen atoms in total. The zero-order valence-corrected chi connectivity index (χ0v) is 11.4. The molecule has 0 atom stereocenters. The molecule has 0 radical (unpaired) electrons. The molecule has 3 aromatic rings. The van der Waals surface area contributed by atoms with Crippen molar-refractivity contribution >= 4 is 16.6 Å². The summed E-state index contributed by atoms with van der Waals surface area (Å²) in [5.74, 6) is 0.0828. The Bertz CT molecular complexity index is 890. The number of aromatic nitrogens is 2.